The molecule has 1 aromatic rings. The van der Waals surface area contributed by atoms with E-state index in [9.17, 15) is 9.59 Å². The van der Waals surface area contributed by atoms with Crippen molar-refractivity contribution in [2.45, 2.75) is 62.6 Å². The predicted molar refractivity (Wildman–Crippen MR) is 117 cm³/mol. The maximum absolute atomic E-state index is 13.0. The Morgan fingerprint density at radius 3 is 2.80 bits per heavy atom. The molecule has 2 fully saturated rings. The molecule has 2 saturated heterocycles. The second-order valence-electron chi connectivity index (χ2n) is 8.19. The van der Waals surface area contributed by atoms with Gasteiger partial charge in [-0.15, -0.1) is 11.8 Å². The molecule has 2 aliphatic rings. The van der Waals surface area contributed by atoms with Crippen LogP contribution in [-0.4, -0.2) is 66.9 Å². The minimum atomic E-state index is -0.768. The van der Waals surface area contributed by atoms with Gasteiger partial charge < -0.3 is 19.7 Å². The second-order valence-corrected chi connectivity index (χ2v) is 9.27. The summed E-state index contributed by atoms with van der Waals surface area (Å²) in [5.41, 5.74) is 0.548. The fraction of sp³-hybridized carbons (Fsp3) is 0.682. The van der Waals surface area contributed by atoms with E-state index in [1.54, 1.807) is 11.8 Å². The van der Waals surface area contributed by atoms with Crippen LogP contribution in [0.3, 0.4) is 0 Å². The first-order chi connectivity index (χ1) is 14.4. The molecule has 0 bridgehead atoms. The Hall–Kier alpha value is -1.64. The maximum Gasteiger partial charge on any atom is 0.303 e. The number of likely N-dealkylation sites (N-methyl/N-ethyl adjacent to an activating group) is 1. The van der Waals surface area contributed by atoms with Gasteiger partial charge in [0.1, 0.15) is 5.03 Å². The molecule has 2 aliphatic heterocycles. The van der Waals surface area contributed by atoms with Crippen LogP contribution in [0.1, 0.15) is 62.0 Å². The number of amides is 1. The molecule has 1 amide bonds. The third-order valence-corrected chi connectivity index (χ3v) is 6.75. The van der Waals surface area contributed by atoms with Gasteiger partial charge in [0.05, 0.1) is 11.3 Å². The molecule has 0 aliphatic carbocycles. The fourth-order valence-corrected chi connectivity index (χ4v) is 5.01. The molecule has 0 saturated carbocycles. The molecular formula is C22H33N3O4S. The molecular weight excluding hydrogens is 402 g/mol. The quantitative estimate of drug-likeness (QED) is 0.521. The smallest absolute Gasteiger partial charge is 0.303 e. The molecule has 1 N–H and O–H groups in total. The number of esters is 1. The summed E-state index contributed by atoms with van der Waals surface area (Å²) in [7, 11) is 2.03. The van der Waals surface area contributed by atoms with E-state index in [-0.39, 0.29) is 17.9 Å². The number of aromatic nitrogens is 1. The van der Waals surface area contributed by atoms with Crippen molar-refractivity contribution in [1.82, 2.24) is 15.2 Å². The van der Waals surface area contributed by atoms with E-state index in [0.717, 1.165) is 50.1 Å². The number of hydrogen-bond acceptors (Lipinski definition) is 7. The van der Waals surface area contributed by atoms with Crippen molar-refractivity contribution in [2.75, 3.05) is 39.1 Å². The monoisotopic (exact) mass is 435 g/mol. The first-order valence-electron chi connectivity index (χ1n) is 10.8. The standard InChI is InChI=1S/C22H33N3O4S/c1-4-14-30-21-18(20(27)23-17-8-12-28-13-9-17)6-7-19(24-21)22(29-16(2)26)10-5-11-25(3)15-22/h6-7,17H,4-5,8-15H2,1-3H3,(H,23,27)/t22-/m0/s1. The van der Waals surface area contributed by atoms with Crippen LogP contribution in [0.15, 0.2) is 17.2 Å². The van der Waals surface area contributed by atoms with Gasteiger partial charge in [0.15, 0.2) is 5.60 Å². The van der Waals surface area contributed by atoms with Crippen LogP contribution >= 0.6 is 11.8 Å². The lowest BCUT2D eigenvalue weighted by molar-refractivity contribution is -0.165. The van der Waals surface area contributed by atoms with Gasteiger partial charge in [-0.1, -0.05) is 6.92 Å². The van der Waals surface area contributed by atoms with Gasteiger partial charge in [0, 0.05) is 32.7 Å². The van der Waals surface area contributed by atoms with Crippen LogP contribution < -0.4 is 5.32 Å². The predicted octanol–water partition coefficient (Wildman–Crippen LogP) is 2.98. The molecule has 30 heavy (non-hydrogen) atoms. The van der Waals surface area contributed by atoms with Gasteiger partial charge in [-0.2, -0.15) is 0 Å². The largest absolute Gasteiger partial charge is 0.451 e. The number of likely N-dealkylation sites (tertiary alicyclic amines) is 1. The number of hydrogen-bond donors (Lipinski definition) is 1. The summed E-state index contributed by atoms with van der Waals surface area (Å²) in [5.74, 6) is 0.465. The van der Waals surface area contributed by atoms with Crippen molar-refractivity contribution in [3.8, 4) is 0 Å². The molecule has 0 radical (unpaired) electrons. The Kier molecular flexibility index (Phi) is 8.13. The molecule has 0 aromatic carbocycles. The summed E-state index contributed by atoms with van der Waals surface area (Å²) in [6.07, 6.45) is 4.30. The molecule has 1 aromatic heterocycles. The van der Waals surface area contributed by atoms with Crippen molar-refractivity contribution in [3.05, 3.63) is 23.4 Å². The van der Waals surface area contributed by atoms with E-state index in [0.29, 0.717) is 30.3 Å². The number of piperidine rings is 1. The number of carbonyl (C=O) groups excluding carboxylic acids is 2. The minimum Gasteiger partial charge on any atom is -0.451 e. The normalized spacial score (nSPS) is 23.2. The Bertz CT molecular complexity index is 754. The van der Waals surface area contributed by atoms with E-state index in [1.807, 2.05) is 19.2 Å². The highest BCUT2D eigenvalue weighted by Crippen LogP contribution is 2.36. The number of pyridine rings is 1. The van der Waals surface area contributed by atoms with Gasteiger partial charge in [0.2, 0.25) is 0 Å². The van der Waals surface area contributed by atoms with Crippen molar-refractivity contribution in [1.29, 1.82) is 0 Å². The zero-order chi connectivity index (χ0) is 21.6. The molecule has 0 spiro atoms. The SMILES string of the molecule is CCCSc1nc([C@]2(OC(C)=O)CCCN(C)C2)ccc1C(=O)NC1CCOCC1. The number of ether oxygens (including phenoxy) is 2. The second kappa shape index (κ2) is 10.6. The Morgan fingerprint density at radius 1 is 1.37 bits per heavy atom. The van der Waals surface area contributed by atoms with Crippen LogP contribution in [0.25, 0.3) is 0 Å². The Labute approximate surface area is 183 Å². The zero-order valence-electron chi connectivity index (χ0n) is 18.2. The summed E-state index contributed by atoms with van der Waals surface area (Å²) in [4.78, 5) is 31.9. The summed E-state index contributed by atoms with van der Waals surface area (Å²) in [5, 5.41) is 3.84. The molecule has 166 valence electrons. The summed E-state index contributed by atoms with van der Waals surface area (Å²) >= 11 is 1.58. The number of thioether (sulfide) groups is 1. The molecule has 3 rings (SSSR count). The number of nitrogens with one attached hydrogen (secondary N) is 1. The number of nitrogens with zero attached hydrogens (tertiary/aromatic N) is 2. The van der Waals surface area contributed by atoms with Crippen molar-refractivity contribution in [3.63, 3.8) is 0 Å². The van der Waals surface area contributed by atoms with Gasteiger partial charge in [-0.25, -0.2) is 4.98 Å². The number of carbonyl (C=O) groups is 2. The highest BCUT2D eigenvalue weighted by Gasteiger charge is 2.41. The van der Waals surface area contributed by atoms with E-state index in [4.69, 9.17) is 14.5 Å². The fourth-order valence-electron chi connectivity index (χ4n) is 4.13. The summed E-state index contributed by atoms with van der Waals surface area (Å²) in [6, 6.07) is 3.83. The Balaban J connectivity index is 1.90. The molecule has 7 nitrogen and oxygen atoms in total. The van der Waals surface area contributed by atoms with Crippen molar-refractivity contribution < 1.29 is 19.1 Å². The summed E-state index contributed by atoms with van der Waals surface area (Å²) < 4.78 is 11.2. The Morgan fingerprint density at radius 2 is 2.13 bits per heavy atom. The van der Waals surface area contributed by atoms with Gasteiger partial charge >= 0.3 is 5.97 Å². The van der Waals surface area contributed by atoms with Gasteiger partial charge in [-0.3, -0.25) is 9.59 Å². The average Bonchev–Trinajstić information content (AvgIpc) is 2.72. The molecule has 0 unspecified atom stereocenters. The van der Waals surface area contributed by atoms with E-state index < -0.39 is 5.60 Å². The average molecular weight is 436 g/mol. The van der Waals surface area contributed by atoms with E-state index >= 15 is 0 Å². The van der Waals surface area contributed by atoms with Crippen LogP contribution in [0, 0.1) is 0 Å². The molecule has 3 heterocycles. The first kappa shape index (κ1) is 23.0. The topological polar surface area (TPSA) is 80.8 Å². The maximum atomic E-state index is 13.0. The van der Waals surface area contributed by atoms with Gasteiger partial charge in [-0.05, 0) is 63.6 Å². The third-order valence-electron chi connectivity index (χ3n) is 5.56. The lowest BCUT2D eigenvalue weighted by atomic mass is 9.88. The zero-order valence-corrected chi connectivity index (χ0v) is 19.1. The lowest BCUT2D eigenvalue weighted by Gasteiger charge is -2.40. The van der Waals surface area contributed by atoms with Crippen molar-refractivity contribution >= 4 is 23.6 Å². The first-order valence-corrected chi connectivity index (χ1v) is 11.8. The van der Waals surface area contributed by atoms with Crippen LogP contribution in [0.4, 0.5) is 0 Å². The third kappa shape index (κ3) is 5.74. The molecule has 8 heteroatoms. The lowest BCUT2D eigenvalue weighted by Crippen LogP contribution is -2.47. The highest BCUT2D eigenvalue weighted by atomic mass is 32.2. The van der Waals surface area contributed by atoms with Crippen LogP contribution in [0.5, 0.6) is 0 Å². The highest BCUT2D eigenvalue weighted by molar-refractivity contribution is 7.99. The minimum absolute atomic E-state index is 0.0955. The van der Waals surface area contributed by atoms with Crippen LogP contribution in [0.2, 0.25) is 0 Å². The van der Waals surface area contributed by atoms with Gasteiger partial charge in [0.25, 0.3) is 5.91 Å². The summed E-state index contributed by atoms with van der Waals surface area (Å²) in [6.45, 7) is 6.47. The van der Waals surface area contributed by atoms with Crippen LogP contribution in [-0.2, 0) is 19.9 Å². The molecule has 1 atom stereocenters. The number of rotatable bonds is 7. The van der Waals surface area contributed by atoms with E-state index in [1.165, 1.54) is 6.92 Å². The van der Waals surface area contributed by atoms with E-state index in [2.05, 4.69) is 17.1 Å². The van der Waals surface area contributed by atoms with Crippen molar-refractivity contribution in [2.24, 2.45) is 0 Å².